The first-order chi connectivity index (χ1) is 4.12. The van der Waals surface area contributed by atoms with Gasteiger partial charge in [-0.05, 0) is 6.92 Å². The molecule has 0 heterocycles. The second-order valence-corrected chi connectivity index (χ2v) is 3.22. The molecule has 0 aromatic rings. The minimum absolute atomic E-state index is 0. The van der Waals surface area contributed by atoms with Crippen LogP contribution >= 0.6 is 0 Å². The van der Waals surface area contributed by atoms with Crippen LogP contribution in [-0.2, 0) is 14.3 Å². The molecule has 2 N–H and O–H groups in total. The van der Waals surface area contributed by atoms with Gasteiger partial charge in [0.2, 0.25) is 0 Å². The molecular formula is C4H12NNaO3S. The molecule has 0 aliphatic rings. The third-order valence-corrected chi connectivity index (χ3v) is 2.00. The Hall–Kier alpha value is 0.870. The van der Waals surface area contributed by atoms with Crippen molar-refractivity contribution < 1.29 is 12.6 Å². The molecule has 0 saturated carbocycles. The van der Waals surface area contributed by atoms with Gasteiger partial charge in [-0.1, -0.05) is 0 Å². The average Bonchev–Trinajstić information content (AvgIpc) is 1.64. The standard InChI is InChI=1S/C4H11NO3S.Na.H/c1-2-8-9(6,7)4-3-5;;/h2-5H2,1H3;;. The Balaban J connectivity index is 0. The summed E-state index contributed by atoms with van der Waals surface area (Å²) in [6, 6.07) is 0. The molecule has 0 aromatic heterocycles. The van der Waals surface area contributed by atoms with E-state index in [2.05, 4.69) is 4.18 Å². The van der Waals surface area contributed by atoms with Crippen molar-refractivity contribution in [3.05, 3.63) is 0 Å². The average molecular weight is 177 g/mol. The zero-order chi connectivity index (χ0) is 7.33. The molecule has 4 nitrogen and oxygen atoms in total. The second kappa shape index (κ2) is 6.57. The maximum absolute atomic E-state index is 10.5. The van der Waals surface area contributed by atoms with Crippen molar-refractivity contribution in [3.63, 3.8) is 0 Å². The summed E-state index contributed by atoms with van der Waals surface area (Å²) in [5.74, 6) is -0.0964. The molecule has 58 valence electrons. The van der Waals surface area contributed by atoms with E-state index < -0.39 is 10.1 Å². The fourth-order valence-electron chi connectivity index (χ4n) is 0.383. The Labute approximate surface area is 83.5 Å². The fourth-order valence-corrected chi connectivity index (χ4v) is 1.15. The van der Waals surface area contributed by atoms with Crippen LogP contribution < -0.4 is 5.73 Å². The van der Waals surface area contributed by atoms with Gasteiger partial charge in [0.15, 0.2) is 0 Å². The maximum atomic E-state index is 10.5. The van der Waals surface area contributed by atoms with Gasteiger partial charge in [0.05, 0.1) is 12.4 Å². The van der Waals surface area contributed by atoms with Crippen LogP contribution in [0.1, 0.15) is 6.92 Å². The van der Waals surface area contributed by atoms with E-state index in [1.54, 1.807) is 6.92 Å². The number of rotatable bonds is 4. The van der Waals surface area contributed by atoms with Gasteiger partial charge >= 0.3 is 29.6 Å². The number of nitrogens with two attached hydrogens (primary N) is 1. The predicted molar refractivity (Wildman–Crippen MR) is 41.6 cm³/mol. The van der Waals surface area contributed by atoms with Gasteiger partial charge in [0.1, 0.15) is 0 Å². The summed E-state index contributed by atoms with van der Waals surface area (Å²) < 4.78 is 25.4. The van der Waals surface area contributed by atoms with Gasteiger partial charge in [-0.25, -0.2) is 0 Å². The molecular weight excluding hydrogens is 165 g/mol. The second-order valence-electron chi connectivity index (χ2n) is 1.46. The van der Waals surface area contributed by atoms with Crippen molar-refractivity contribution in [2.24, 2.45) is 5.73 Å². The molecule has 6 heteroatoms. The molecule has 0 amide bonds. The summed E-state index contributed by atoms with van der Waals surface area (Å²) in [7, 11) is -3.31. The van der Waals surface area contributed by atoms with Crippen LogP contribution in [0.4, 0.5) is 0 Å². The first kappa shape index (κ1) is 13.5. The van der Waals surface area contributed by atoms with Gasteiger partial charge in [-0.15, -0.1) is 0 Å². The third kappa shape index (κ3) is 6.98. The van der Waals surface area contributed by atoms with Crippen molar-refractivity contribution in [2.45, 2.75) is 6.92 Å². The van der Waals surface area contributed by atoms with Gasteiger partial charge < -0.3 is 5.73 Å². The summed E-state index contributed by atoms with van der Waals surface area (Å²) in [5.41, 5.74) is 4.99. The minimum atomic E-state index is -3.31. The molecule has 10 heavy (non-hydrogen) atoms. The van der Waals surface area contributed by atoms with Gasteiger partial charge in [-0.2, -0.15) is 8.42 Å². The Morgan fingerprint density at radius 3 is 2.30 bits per heavy atom. The Morgan fingerprint density at radius 2 is 2.00 bits per heavy atom. The van der Waals surface area contributed by atoms with E-state index >= 15 is 0 Å². The van der Waals surface area contributed by atoms with Gasteiger partial charge in [0.25, 0.3) is 10.1 Å². The van der Waals surface area contributed by atoms with Crippen molar-refractivity contribution in [3.8, 4) is 0 Å². The summed E-state index contributed by atoms with van der Waals surface area (Å²) >= 11 is 0. The number of hydrogen-bond donors (Lipinski definition) is 1. The van der Waals surface area contributed by atoms with E-state index in [-0.39, 0.29) is 48.5 Å². The Morgan fingerprint density at radius 1 is 1.50 bits per heavy atom. The van der Waals surface area contributed by atoms with Crippen LogP contribution in [0.2, 0.25) is 0 Å². The first-order valence-electron chi connectivity index (χ1n) is 2.69. The van der Waals surface area contributed by atoms with Crippen molar-refractivity contribution in [2.75, 3.05) is 18.9 Å². The van der Waals surface area contributed by atoms with E-state index in [1.165, 1.54) is 0 Å². The number of hydrogen-bond acceptors (Lipinski definition) is 4. The predicted octanol–water partition coefficient (Wildman–Crippen LogP) is -1.34. The van der Waals surface area contributed by atoms with Crippen molar-refractivity contribution in [1.29, 1.82) is 0 Å². The third-order valence-electron chi connectivity index (χ3n) is 0.665. The molecule has 0 saturated heterocycles. The van der Waals surface area contributed by atoms with Crippen molar-refractivity contribution >= 4 is 39.7 Å². The molecule has 0 radical (unpaired) electrons. The van der Waals surface area contributed by atoms with E-state index in [1.807, 2.05) is 0 Å². The van der Waals surface area contributed by atoms with Gasteiger partial charge in [-0.3, -0.25) is 4.18 Å². The zero-order valence-electron chi connectivity index (χ0n) is 5.33. The fraction of sp³-hybridized carbons (Fsp3) is 1.00. The summed E-state index contributed by atoms with van der Waals surface area (Å²) in [4.78, 5) is 0. The zero-order valence-corrected chi connectivity index (χ0v) is 6.15. The first-order valence-corrected chi connectivity index (χ1v) is 4.27. The van der Waals surface area contributed by atoms with Crippen LogP contribution in [0.3, 0.4) is 0 Å². The van der Waals surface area contributed by atoms with E-state index in [4.69, 9.17) is 5.73 Å². The summed E-state index contributed by atoms with van der Waals surface area (Å²) in [5, 5.41) is 0. The Bertz CT molecular complexity index is 144. The van der Waals surface area contributed by atoms with Crippen LogP contribution in [0.5, 0.6) is 0 Å². The normalized spacial score (nSPS) is 10.6. The van der Waals surface area contributed by atoms with E-state index in [0.717, 1.165) is 0 Å². The monoisotopic (exact) mass is 177 g/mol. The Kier molecular flexibility index (Phi) is 8.85. The van der Waals surface area contributed by atoms with Crippen LogP contribution in [-0.4, -0.2) is 56.9 Å². The summed E-state index contributed by atoms with van der Waals surface area (Å²) in [6.45, 7) is 1.92. The van der Waals surface area contributed by atoms with Gasteiger partial charge in [0, 0.05) is 6.54 Å². The van der Waals surface area contributed by atoms with Crippen LogP contribution in [0.25, 0.3) is 0 Å². The van der Waals surface area contributed by atoms with Crippen LogP contribution in [0, 0.1) is 0 Å². The topological polar surface area (TPSA) is 69.4 Å². The quantitative estimate of drug-likeness (QED) is 0.426. The molecule has 0 aliphatic heterocycles. The van der Waals surface area contributed by atoms with Crippen LogP contribution in [0.15, 0.2) is 0 Å². The summed E-state index contributed by atoms with van der Waals surface area (Å²) in [6.07, 6.45) is 0. The molecule has 0 spiro atoms. The molecule has 0 unspecified atom stereocenters. The molecule has 0 rings (SSSR count). The molecule has 0 aromatic carbocycles. The molecule has 0 bridgehead atoms. The van der Waals surface area contributed by atoms with E-state index in [9.17, 15) is 8.42 Å². The SMILES string of the molecule is CCOS(=O)(=O)CCN.[NaH]. The molecule has 0 fully saturated rings. The van der Waals surface area contributed by atoms with E-state index in [0.29, 0.717) is 0 Å². The molecule has 0 aliphatic carbocycles. The molecule has 0 atom stereocenters. The van der Waals surface area contributed by atoms with Crippen molar-refractivity contribution in [1.82, 2.24) is 0 Å².